The van der Waals surface area contributed by atoms with E-state index in [1.165, 1.54) is 6.33 Å². The van der Waals surface area contributed by atoms with Crippen molar-refractivity contribution in [3.05, 3.63) is 23.0 Å². The van der Waals surface area contributed by atoms with Crippen LogP contribution < -0.4 is 11.0 Å². The molecular formula is C10H13N5O. The molecule has 16 heavy (non-hydrogen) atoms. The molecule has 2 aromatic rings. The van der Waals surface area contributed by atoms with E-state index in [0.29, 0.717) is 11.2 Å². The third-order valence-corrected chi connectivity index (χ3v) is 3.05. The van der Waals surface area contributed by atoms with Gasteiger partial charge in [-0.1, -0.05) is 0 Å². The van der Waals surface area contributed by atoms with Crippen LogP contribution in [0.5, 0.6) is 0 Å². The highest BCUT2D eigenvalue weighted by molar-refractivity contribution is 5.68. The first-order chi connectivity index (χ1) is 7.86. The SMILES string of the molecule is O=c1[nH]c2cncnc2n1C1CCNCC1. The Morgan fingerprint density at radius 3 is 3.00 bits per heavy atom. The summed E-state index contributed by atoms with van der Waals surface area (Å²) in [6, 6.07) is 0.248. The molecule has 0 aromatic carbocycles. The predicted molar refractivity (Wildman–Crippen MR) is 59.3 cm³/mol. The Hall–Kier alpha value is -1.69. The molecule has 6 heteroatoms. The molecule has 1 fully saturated rings. The number of imidazole rings is 1. The van der Waals surface area contributed by atoms with Gasteiger partial charge < -0.3 is 10.3 Å². The lowest BCUT2D eigenvalue weighted by Gasteiger charge is -2.23. The Bertz CT molecular complexity index is 552. The zero-order valence-electron chi connectivity index (χ0n) is 8.81. The number of hydrogen-bond donors (Lipinski definition) is 2. The van der Waals surface area contributed by atoms with Gasteiger partial charge in [0.2, 0.25) is 0 Å². The van der Waals surface area contributed by atoms with Crippen molar-refractivity contribution in [3.63, 3.8) is 0 Å². The molecule has 0 saturated carbocycles. The van der Waals surface area contributed by atoms with Crippen molar-refractivity contribution in [2.45, 2.75) is 18.9 Å². The number of aromatic nitrogens is 4. The van der Waals surface area contributed by atoms with E-state index in [2.05, 4.69) is 20.3 Å². The van der Waals surface area contributed by atoms with Gasteiger partial charge in [-0.25, -0.2) is 14.8 Å². The smallest absolute Gasteiger partial charge is 0.317 e. The van der Waals surface area contributed by atoms with Crippen LogP contribution in [0.25, 0.3) is 11.2 Å². The number of nitrogens with zero attached hydrogens (tertiary/aromatic N) is 3. The van der Waals surface area contributed by atoms with E-state index >= 15 is 0 Å². The third kappa shape index (κ3) is 1.42. The van der Waals surface area contributed by atoms with Crippen molar-refractivity contribution in [1.82, 2.24) is 24.8 Å². The van der Waals surface area contributed by atoms with Crippen LogP contribution >= 0.6 is 0 Å². The monoisotopic (exact) mass is 219 g/mol. The Balaban J connectivity index is 2.14. The number of fused-ring (bicyclic) bond motifs is 1. The van der Waals surface area contributed by atoms with Crippen molar-refractivity contribution >= 4 is 11.2 Å². The topological polar surface area (TPSA) is 75.6 Å². The minimum atomic E-state index is -0.0811. The Kier molecular flexibility index (Phi) is 2.21. The number of aromatic amines is 1. The summed E-state index contributed by atoms with van der Waals surface area (Å²) in [7, 11) is 0. The molecule has 6 nitrogen and oxygen atoms in total. The first kappa shape index (κ1) is 9.53. The summed E-state index contributed by atoms with van der Waals surface area (Å²) in [6.45, 7) is 1.91. The summed E-state index contributed by atoms with van der Waals surface area (Å²) in [5.74, 6) is 0. The number of nitrogens with one attached hydrogen (secondary N) is 2. The lowest BCUT2D eigenvalue weighted by Crippen LogP contribution is -2.33. The Morgan fingerprint density at radius 1 is 1.38 bits per heavy atom. The van der Waals surface area contributed by atoms with E-state index in [4.69, 9.17) is 0 Å². The fourth-order valence-corrected chi connectivity index (χ4v) is 2.28. The van der Waals surface area contributed by atoms with Gasteiger partial charge >= 0.3 is 5.69 Å². The van der Waals surface area contributed by atoms with E-state index in [9.17, 15) is 4.79 Å². The second-order valence-corrected chi connectivity index (χ2v) is 4.04. The predicted octanol–water partition coefficient (Wildman–Crippen LogP) is 0.0441. The van der Waals surface area contributed by atoms with Crippen LogP contribution in [0.2, 0.25) is 0 Å². The number of hydrogen-bond acceptors (Lipinski definition) is 4. The van der Waals surface area contributed by atoms with Gasteiger partial charge in [-0.15, -0.1) is 0 Å². The van der Waals surface area contributed by atoms with Gasteiger partial charge in [-0.05, 0) is 25.9 Å². The molecule has 1 aliphatic heterocycles. The molecule has 0 unspecified atom stereocenters. The van der Waals surface area contributed by atoms with Gasteiger partial charge in [0.25, 0.3) is 0 Å². The normalized spacial score (nSPS) is 18.0. The molecule has 84 valence electrons. The van der Waals surface area contributed by atoms with Crippen molar-refractivity contribution in [2.24, 2.45) is 0 Å². The van der Waals surface area contributed by atoms with Crippen LogP contribution in [-0.4, -0.2) is 32.6 Å². The quantitative estimate of drug-likeness (QED) is 0.710. The highest BCUT2D eigenvalue weighted by Crippen LogP contribution is 2.19. The van der Waals surface area contributed by atoms with Gasteiger partial charge in [-0.2, -0.15) is 0 Å². The average molecular weight is 219 g/mol. The largest absolute Gasteiger partial charge is 0.327 e. The number of H-pyrrole nitrogens is 1. The summed E-state index contributed by atoms with van der Waals surface area (Å²) < 4.78 is 1.76. The summed E-state index contributed by atoms with van der Waals surface area (Å²) in [4.78, 5) is 22.7. The average Bonchev–Trinajstić information content (AvgIpc) is 2.66. The van der Waals surface area contributed by atoms with E-state index in [0.717, 1.165) is 25.9 Å². The van der Waals surface area contributed by atoms with Crippen molar-refractivity contribution < 1.29 is 0 Å². The van der Waals surface area contributed by atoms with Gasteiger partial charge in [-0.3, -0.25) is 4.57 Å². The maximum atomic E-state index is 11.9. The molecule has 2 aromatic heterocycles. The van der Waals surface area contributed by atoms with Crippen LogP contribution in [0.3, 0.4) is 0 Å². The highest BCUT2D eigenvalue weighted by atomic mass is 16.1. The molecule has 0 spiro atoms. The lowest BCUT2D eigenvalue weighted by molar-refractivity contribution is 0.367. The van der Waals surface area contributed by atoms with Crippen LogP contribution in [0.15, 0.2) is 17.3 Å². The maximum absolute atomic E-state index is 11.9. The second kappa shape index (κ2) is 3.71. The Labute approximate surface area is 91.7 Å². The van der Waals surface area contributed by atoms with Gasteiger partial charge in [0.05, 0.1) is 6.20 Å². The minimum Gasteiger partial charge on any atom is -0.317 e. The molecule has 3 rings (SSSR count). The minimum absolute atomic E-state index is 0.0811. The second-order valence-electron chi connectivity index (χ2n) is 4.04. The molecule has 1 aliphatic rings. The van der Waals surface area contributed by atoms with Gasteiger partial charge in [0.1, 0.15) is 11.8 Å². The van der Waals surface area contributed by atoms with E-state index in [-0.39, 0.29) is 11.7 Å². The molecule has 0 atom stereocenters. The highest BCUT2D eigenvalue weighted by Gasteiger charge is 2.19. The number of piperidine rings is 1. The van der Waals surface area contributed by atoms with E-state index in [1.54, 1.807) is 10.8 Å². The fraction of sp³-hybridized carbons (Fsp3) is 0.500. The van der Waals surface area contributed by atoms with Crippen LogP contribution in [0.1, 0.15) is 18.9 Å². The molecule has 3 heterocycles. The molecule has 0 radical (unpaired) electrons. The molecular weight excluding hydrogens is 206 g/mol. The Morgan fingerprint density at radius 2 is 2.19 bits per heavy atom. The van der Waals surface area contributed by atoms with E-state index in [1.807, 2.05) is 0 Å². The lowest BCUT2D eigenvalue weighted by atomic mass is 10.1. The first-order valence-electron chi connectivity index (χ1n) is 5.47. The van der Waals surface area contributed by atoms with Gasteiger partial charge in [0, 0.05) is 6.04 Å². The van der Waals surface area contributed by atoms with Crippen LogP contribution in [0, 0.1) is 0 Å². The summed E-state index contributed by atoms with van der Waals surface area (Å²) in [5.41, 5.74) is 1.35. The molecule has 0 bridgehead atoms. The van der Waals surface area contributed by atoms with Crippen LogP contribution in [-0.2, 0) is 0 Å². The zero-order chi connectivity index (χ0) is 11.0. The first-order valence-corrected chi connectivity index (χ1v) is 5.47. The zero-order valence-corrected chi connectivity index (χ0v) is 8.81. The summed E-state index contributed by atoms with van der Waals surface area (Å²) in [5, 5.41) is 3.29. The third-order valence-electron chi connectivity index (χ3n) is 3.05. The van der Waals surface area contributed by atoms with Crippen molar-refractivity contribution in [1.29, 1.82) is 0 Å². The molecule has 2 N–H and O–H groups in total. The standard InChI is InChI=1S/C10H13N5O/c16-10-14-8-5-12-6-13-9(8)15(10)7-1-3-11-4-2-7/h5-7,11H,1-4H2,(H,14,16). The van der Waals surface area contributed by atoms with Gasteiger partial charge in [0.15, 0.2) is 5.65 Å². The van der Waals surface area contributed by atoms with Crippen molar-refractivity contribution in [2.75, 3.05) is 13.1 Å². The number of rotatable bonds is 1. The van der Waals surface area contributed by atoms with Crippen molar-refractivity contribution in [3.8, 4) is 0 Å². The molecule has 0 aliphatic carbocycles. The molecule has 0 amide bonds. The molecule has 1 saturated heterocycles. The summed E-state index contributed by atoms with van der Waals surface area (Å²) >= 11 is 0. The van der Waals surface area contributed by atoms with Crippen LogP contribution in [0.4, 0.5) is 0 Å². The summed E-state index contributed by atoms with van der Waals surface area (Å²) in [6.07, 6.45) is 5.06. The maximum Gasteiger partial charge on any atom is 0.327 e. The fourth-order valence-electron chi connectivity index (χ4n) is 2.28. The van der Waals surface area contributed by atoms with E-state index < -0.39 is 0 Å².